The van der Waals surface area contributed by atoms with Crippen LogP contribution in [0.5, 0.6) is 0 Å². The Morgan fingerprint density at radius 1 is 1.33 bits per heavy atom. The number of carbonyl (C=O) groups excluding carboxylic acids is 1. The van der Waals surface area contributed by atoms with E-state index < -0.39 is 0 Å². The topological polar surface area (TPSA) is 59.2 Å². The summed E-state index contributed by atoms with van der Waals surface area (Å²) in [4.78, 5) is 18.7. The smallest absolute Gasteiger partial charge is 0.222 e. The second-order valence-electron chi connectivity index (χ2n) is 6.38. The Balaban J connectivity index is 2.57. The van der Waals surface area contributed by atoms with E-state index in [9.17, 15) is 4.79 Å². The van der Waals surface area contributed by atoms with Crippen molar-refractivity contribution in [1.82, 2.24) is 9.88 Å². The van der Waals surface area contributed by atoms with Gasteiger partial charge in [-0.2, -0.15) is 0 Å². The van der Waals surface area contributed by atoms with Crippen molar-refractivity contribution in [1.29, 1.82) is 0 Å². The fourth-order valence-corrected chi connectivity index (χ4v) is 2.38. The lowest BCUT2D eigenvalue weighted by Crippen LogP contribution is -2.31. The molecule has 4 nitrogen and oxygen atoms in total. The predicted molar refractivity (Wildman–Crippen MR) is 86.8 cm³/mol. The number of nitrogens with zero attached hydrogens (tertiary/aromatic N) is 2. The molecule has 0 bridgehead atoms. The maximum absolute atomic E-state index is 12.4. The van der Waals surface area contributed by atoms with E-state index in [0.717, 1.165) is 24.2 Å². The van der Waals surface area contributed by atoms with E-state index in [0.29, 0.717) is 26.1 Å². The average molecular weight is 291 g/mol. The predicted octanol–water partition coefficient (Wildman–Crippen LogP) is 2.89. The number of pyridine rings is 1. The molecule has 21 heavy (non-hydrogen) atoms. The first-order chi connectivity index (χ1) is 9.88. The number of rotatable bonds is 8. The van der Waals surface area contributed by atoms with Crippen molar-refractivity contribution in [2.45, 2.75) is 53.5 Å². The van der Waals surface area contributed by atoms with E-state index >= 15 is 0 Å². The summed E-state index contributed by atoms with van der Waals surface area (Å²) in [6.07, 6.45) is 2.40. The number of carbonyl (C=O) groups is 1. The van der Waals surface area contributed by atoms with Gasteiger partial charge in [-0.25, -0.2) is 0 Å². The minimum absolute atomic E-state index is 0.130. The summed E-state index contributed by atoms with van der Waals surface area (Å²) in [6, 6.07) is 5.93. The minimum Gasteiger partial charge on any atom is -0.337 e. The molecule has 2 N–H and O–H groups in total. The second-order valence-corrected chi connectivity index (χ2v) is 6.38. The van der Waals surface area contributed by atoms with E-state index in [-0.39, 0.29) is 11.3 Å². The molecule has 4 heteroatoms. The lowest BCUT2D eigenvalue weighted by molar-refractivity contribution is -0.132. The standard InChI is InChI=1S/C17H29N3O/c1-5-20(13-15-8-6-7-14(2)19-15)16(21)9-10-17(3,4)11-12-18/h6-8H,5,9-13,18H2,1-4H3. The van der Waals surface area contributed by atoms with Gasteiger partial charge in [0.1, 0.15) is 0 Å². The average Bonchev–Trinajstić information content (AvgIpc) is 2.42. The van der Waals surface area contributed by atoms with Gasteiger partial charge in [0.05, 0.1) is 12.2 Å². The zero-order chi connectivity index (χ0) is 15.9. The second kappa shape index (κ2) is 8.13. The summed E-state index contributed by atoms with van der Waals surface area (Å²) in [5.74, 6) is 0.200. The van der Waals surface area contributed by atoms with Crippen molar-refractivity contribution in [2.24, 2.45) is 11.1 Å². The van der Waals surface area contributed by atoms with Gasteiger partial charge in [0.25, 0.3) is 0 Å². The van der Waals surface area contributed by atoms with Crippen LogP contribution < -0.4 is 5.73 Å². The summed E-state index contributed by atoms with van der Waals surface area (Å²) < 4.78 is 0. The summed E-state index contributed by atoms with van der Waals surface area (Å²) >= 11 is 0. The van der Waals surface area contributed by atoms with Crippen molar-refractivity contribution in [3.63, 3.8) is 0 Å². The molecular formula is C17H29N3O. The highest BCUT2D eigenvalue weighted by Crippen LogP contribution is 2.26. The van der Waals surface area contributed by atoms with Gasteiger partial charge in [-0.3, -0.25) is 9.78 Å². The van der Waals surface area contributed by atoms with Crippen molar-refractivity contribution in [3.8, 4) is 0 Å². The molecule has 1 aromatic heterocycles. The Bertz CT molecular complexity index is 457. The summed E-state index contributed by atoms with van der Waals surface area (Å²) in [5, 5.41) is 0. The maximum Gasteiger partial charge on any atom is 0.222 e. The molecule has 0 aliphatic carbocycles. The normalized spacial score (nSPS) is 11.5. The summed E-state index contributed by atoms with van der Waals surface area (Å²) in [7, 11) is 0. The van der Waals surface area contributed by atoms with Crippen LogP contribution in [0.2, 0.25) is 0 Å². The van der Waals surface area contributed by atoms with Gasteiger partial charge in [0, 0.05) is 18.7 Å². The highest BCUT2D eigenvalue weighted by atomic mass is 16.2. The third kappa shape index (κ3) is 6.25. The number of aryl methyl sites for hydroxylation is 1. The molecule has 0 unspecified atom stereocenters. The third-order valence-electron chi connectivity index (χ3n) is 3.87. The van der Waals surface area contributed by atoms with Crippen LogP contribution in [-0.2, 0) is 11.3 Å². The molecule has 0 spiro atoms. The zero-order valence-corrected chi connectivity index (χ0v) is 13.9. The van der Waals surface area contributed by atoms with Crippen LogP contribution in [0.4, 0.5) is 0 Å². The molecule has 0 aliphatic heterocycles. The molecule has 0 atom stereocenters. The van der Waals surface area contributed by atoms with E-state index in [4.69, 9.17) is 5.73 Å². The first-order valence-corrected chi connectivity index (χ1v) is 7.78. The molecule has 0 saturated heterocycles. The van der Waals surface area contributed by atoms with E-state index in [1.165, 1.54) is 0 Å². The van der Waals surface area contributed by atoms with Crippen LogP contribution in [0.3, 0.4) is 0 Å². The molecule has 1 heterocycles. The number of aromatic nitrogens is 1. The van der Waals surface area contributed by atoms with Crippen LogP contribution in [0.15, 0.2) is 18.2 Å². The van der Waals surface area contributed by atoms with Gasteiger partial charge in [-0.1, -0.05) is 19.9 Å². The van der Waals surface area contributed by atoms with E-state index in [1.807, 2.05) is 36.9 Å². The van der Waals surface area contributed by atoms with Crippen molar-refractivity contribution >= 4 is 5.91 Å². The van der Waals surface area contributed by atoms with Gasteiger partial charge in [-0.15, -0.1) is 0 Å². The molecule has 1 aromatic rings. The fourth-order valence-electron chi connectivity index (χ4n) is 2.38. The summed E-state index contributed by atoms with van der Waals surface area (Å²) in [6.45, 7) is 10.3. The zero-order valence-electron chi connectivity index (χ0n) is 13.9. The molecule has 0 aromatic carbocycles. The molecule has 0 radical (unpaired) electrons. The minimum atomic E-state index is 0.130. The Labute approximate surface area is 128 Å². The molecule has 0 aliphatic rings. The van der Waals surface area contributed by atoms with Gasteiger partial charge in [0.2, 0.25) is 5.91 Å². The molecular weight excluding hydrogens is 262 g/mol. The van der Waals surface area contributed by atoms with Gasteiger partial charge in [-0.05, 0) is 50.8 Å². The lowest BCUT2D eigenvalue weighted by Gasteiger charge is -2.26. The van der Waals surface area contributed by atoms with Crippen LogP contribution in [-0.4, -0.2) is 28.9 Å². The Morgan fingerprint density at radius 3 is 2.62 bits per heavy atom. The van der Waals surface area contributed by atoms with Gasteiger partial charge in [0.15, 0.2) is 0 Å². The monoisotopic (exact) mass is 291 g/mol. The van der Waals surface area contributed by atoms with Gasteiger partial charge >= 0.3 is 0 Å². The fraction of sp³-hybridized carbons (Fsp3) is 0.647. The Hall–Kier alpha value is -1.42. The number of hydrogen-bond acceptors (Lipinski definition) is 3. The van der Waals surface area contributed by atoms with Crippen molar-refractivity contribution in [3.05, 3.63) is 29.6 Å². The molecule has 0 fully saturated rings. The Kier molecular flexibility index (Phi) is 6.82. The van der Waals surface area contributed by atoms with E-state index in [1.54, 1.807) is 0 Å². The number of amides is 1. The quantitative estimate of drug-likeness (QED) is 0.801. The molecule has 0 saturated carbocycles. The van der Waals surface area contributed by atoms with Gasteiger partial charge < -0.3 is 10.6 Å². The van der Waals surface area contributed by atoms with Crippen LogP contribution >= 0.6 is 0 Å². The first-order valence-electron chi connectivity index (χ1n) is 7.78. The van der Waals surface area contributed by atoms with Crippen LogP contribution in [0.25, 0.3) is 0 Å². The molecule has 118 valence electrons. The van der Waals surface area contributed by atoms with E-state index in [2.05, 4.69) is 18.8 Å². The Morgan fingerprint density at radius 2 is 2.05 bits per heavy atom. The SMILES string of the molecule is CCN(Cc1cccc(C)n1)C(=O)CCC(C)(C)CCN. The van der Waals surface area contributed by atoms with Crippen molar-refractivity contribution < 1.29 is 4.79 Å². The highest BCUT2D eigenvalue weighted by Gasteiger charge is 2.20. The van der Waals surface area contributed by atoms with Crippen LogP contribution in [0.1, 0.15) is 51.4 Å². The molecule has 1 amide bonds. The largest absolute Gasteiger partial charge is 0.337 e. The third-order valence-corrected chi connectivity index (χ3v) is 3.87. The van der Waals surface area contributed by atoms with Crippen molar-refractivity contribution in [2.75, 3.05) is 13.1 Å². The first kappa shape index (κ1) is 17.6. The maximum atomic E-state index is 12.4. The molecule has 1 rings (SSSR count). The lowest BCUT2D eigenvalue weighted by atomic mass is 9.84. The highest BCUT2D eigenvalue weighted by molar-refractivity contribution is 5.76. The number of nitrogens with two attached hydrogens (primary N) is 1. The summed E-state index contributed by atoms with van der Waals surface area (Å²) in [5.41, 5.74) is 7.69. The van der Waals surface area contributed by atoms with Crippen LogP contribution in [0, 0.1) is 12.3 Å². The number of hydrogen-bond donors (Lipinski definition) is 1.